The first-order valence-electron chi connectivity index (χ1n) is 7.80. The van der Waals surface area contributed by atoms with Gasteiger partial charge < -0.3 is 24.3 Å². The second-order valence-electron chi connectivity index (χ2n) is 5.42. The number of anilines is 1. The smallest absolute Gasteiger partial charge is 0.266 e. The van der Waals surface area contributed by atoms with Crippen LogP contribution < -0.4 is 24.3 Å². The van der Waals surface area contributed by atoms with Gasteiger partial charge in [0.2, 0.25) is 6.79 Å². The molecule has 0 unspecified atom stereocenters. The van der Waals surface area contributed by atoms with Gasteiger partial charge in [0.1, 0.15) is 23.1 Å². The van der Waals surface area contributed by atoms with Gasteiger partial charge >= 0.3 is 0 Å². The van der Waals surface area contributed by atoms with Gasteiger partial charge in [0.05, 0.1) is 19.9 Å². The van der Waals surface area contributed by atoms with Gasteiger partial charge in [0, 0.05) is 10.5 Å². The van der Waals surface area contributed by atoms with E-state index in [0.717, 1.165) is 0 Å². The molecule has 1 N–H and O–H groups in total. The highest BCUT2D eigenvalue weighted by Crippen LogP contribution is 2.38. The van der Waals surface area contributed by atoms with E-state index in [2.05, 4.69) is 21.2 Å². The topological polar surface area (TPSA) is 89.8 Å². The van der Waals surface area contributed by atoms with Crippen molar-refractivity contribution >= 4 is 33.6 Å². The molecule has 0 atom stereocenters. The number of halogens is 1. The molecular weight excluding hydrogens is 416 g/mol. The summed E-state index contributed by atoms with van der Waals surface area (Å²) in [5, 5.41) is 12.1. The number of ether oxygens (including phenoxy) is 4. The number of carbonyl (C=O) groups is 1. The number of hydrogen-bond donors (Lipinski definition) is 1. The number of amides is 1. The van der Waals surface area contributed by atoms with Crippen molar-refractivity contribution in [1.82, 2.24) is 0 Å². The minimum Gasteiger partial charge on any atom is -0.497 e. The first-order chi connectivity index (χ1) is 13.0. The number of hydrogen-bond acceptors (Lipinski definition) is 6. The van der Waals surface area contributed by atoms with Crippen molar-refractivity contribution in [2.24, 2.45) is 0 Å². The van der Waals surface area contributed by atoms with E-state index < -0.39 is 5.91 Å². The Bertz CT molecular complexity index is 965. The SMILES string of the molecule is COc1ccc(OC)c(NC(=O)C(C#N)=Cc2cc3c(cc2Br)OCO3)c1. The van der Waals surface area contributed by atoms with E-state index in [1.807, 2.05) is 6.07 Å². The van der Waals surface area contributed by atoms with Crippen LogP contribution in [0.15, 0.2) is 40.4 Å². The first kappa shape index (κ1) is 18.6. The van der Waals surface area contributed by atoms with Crippen LogP contribution in [0.25, 0.3) is 6.08 Å². The summed E-state index contributed by atoms with van der Waals surface area (Å²) in [5.74, 6) is 1.58. The lowest BCUT2D eigenvalue weighted by Crippen LogP contribution is -2.14. The van der Waals surface area contributed by atoms with E-state index >= 15 is 0 Å². The van der Waals surface area contributed by atoms with Crippen molar-refractivity contribution in [2.75, 3.05) is 26.3 Å². The highest BCUT2D eigenvalue weighted by atomic mass is 79.9. The fourth-order valence-corrected chi connectivity index (χ4v) is 2.89. The molecule has 0 bridgehead atoms. The van der Waals surface area contributed by atoms with Gasteiger partial charge in [-0.2, -0.15) is 5.26 Å². The van der Waals surface area contributed by atoms with Crippen molar-refractivity contribution in [1.29, 1.82) is 5.26 Å². The highest BCUT2D eigenvalue weighted by Gasteiger charge is 2.18. The van der Waals surface area contributed by atoms with E-state index in [1.54, 1.807) is 30.3 Å². The van der Waals surface area contributed by atoms with Crippen LogP contribution in [0, 0.1) is 11.3 Å². The second kappa shape index (κ2) is 8.01. The van der Waals surface area contributed by atoms with Crippen molar-refractivity contribution < 1.29 is 23.7 Å². The quantitative estimate of drug-likeness (QED) is 0.573. The number of nitrogens with one attached hydrogen (secondary N) is 1. The molecule has 3 rings (SSSR count). The van der Waals surface area contributed by atoms with Gasteiger partial charge in [0.15, 0.2) is 11.5 Å². The summed E-state index contributed by atoms with van der Waals surface area (Å²) in [5.41, 5.74) is 0.927. The maximum atomic E-state index is 12.6. The van der Waals surface area contributed by atoms with E-state index in [9.17, 15) is 10.1 Å². The molecular formula is C19H15BrN2O5. The van der Waals surface area contributed by atoms with Crippen molar-refractivity contribution in [3.8, 4) is 29.1 Å². The zero-order chi connectivity index (χ0) is 19.4. The predicted molar refractivity (Wildman–Crippen MR) is 102 cm³/mol. The summed E-state index contributed by atoms with van der Waals surface area (Å²) in [6, 6.07) is 10.3. The average molecular weight is 431 g/mol. The molecule has 0 saturated carbocycles. The van der Waals surface area contributed by atoms with Gasteiger partial charge in [0.25, 0.3) is 5.91 Å². The molecule has 1 aliphatic rings. The van der Waals surface area contributed by atoms with Crippen molar-refractivity contribution in [3.05, 3.63) is 45.9 Å². The monoisotopic (exact) mass is 430 g/mol. The Morgan fingerprint density at radius 3 is 2.63 bits per heavy atom. The zero-order valence-corrected chi connectivity index (χ0v) is 16.1. The lowest BCUT2D eigenvalue weighted by molar-refractivity contribution is -0.112. The number of benzene rings is 2. The number of rotatable bonds is 5. The third-order valence-corrected chi connectivity index (χ3v) is 4.50. The number of methoxy groups -OCH3 is 2. The Balaban J connectivity index is 1.89. The summed E-state index contributed by atoms with van der Waals surface area (Å²) in [7, 11) is 3.01. The highest BCUT2D eigenvalue weighted by molar-refractivity contribution is 9.10. The first-order valence-corrected chi connectivity index (χ1v) is 8.59. The molecule has 2 aromatic rings. The molecule has 138 valence electrons. The fourth-order valence-electron chi connectivity index (χ4n) is 2.45. The van der Waals surface area contributed by atoms with Crippen molar-refractivity contribution in [2.45, 2.75) is 0 Å². The van der Waals surface area contributed by atoms with Gasteiger partial charge in [-0.25, -0.2) is 0 Å². The molecule has 1 aliphatic heterocycles. The summed E-state index contributed by atoms with van der Waals surface area (Å²) < 4.78 is 21.7. The Hall–Kier alpha value is -3.18. The van der Waals surface area contributed by atoms with E-state index in [4.69, 9.17) is 18.9 Å². The zero-order valence-electron chi connectivity index (χ0n) is 14.5. The van der Waals surface area contributed by atoms with Gasteiger partial charge in [-0.3, -0.25) is 4.79 Å². The molecule has 0 aromatic heterocycles. The van der Waals surface area contributed by atoms with Crippen LogP contribution in [0.1, 0.15) is 5.56 Å². The van der Waals surface area contributed by atoms with E-state index in [0.29, 0.717) is 38.7 Å². The molecule has 0 spiro atoms. The van der Waals surface area contributed by atoms with E-state index in [-0.39, 0.29) is 12.4 Å². The van der Waals surface area contributed by atoms with Crippen LogP contribution in [0.3, 0.4) is 0 Å². The molecule has 0 aliphatic carbocycles. The van der Waals surface area contributed by atoms with Crippen LogP contribution >= 0.6 is 15.9 Å². The fraction of sp³-hybridized carbons (Fsp3) is 0.158. The minimum atomic E-state index is -0.575. The molecule has 0 saturated heterocycles. The maximum absolute atomic E-state index is 12.6. The Morgan fingerprint density at radius 2 is 1.96 bits per heavy atom. The number of carbonyl (C=O) groups excluding carboxylic acids is 1. The van der Waals surface area contributed by atoms with Gasteiger partial charge in [-0.1, -0.05) is 15.9 Å². The third kappa shape index (κ3) is 3.99. The molecule has 27 heavy (non-hydrogen) atoms. The number of nitriles is 1. The molecule has 7 nitrogen and oxygen atoms in total. The van der Waals surface area contributed by atoms with Crippen LogP contribution in [0.4, 0.5) is 5.69 Å². The Morgan fingerprint density at radius 1 is 1.22 bits per heavy atom. The standard InChI is InChI=1S/C19H15BrN2O5/c1-24-13-3-4-16(25-2)15(7-13)22-19(23)12(9-21)5-11-6-17-18(8-14(11)20)27-10-26-17/h3-8H,10H2,1-2H3,(H,22,23). The molecule has 0 fully saturated rings. The summed E-state index contributed by atoms with van der Waals surface area (Å²) in [4.78, 5) is 12.6. The van der Waals surface area contributed by atoms with Crippen LogP contribution in [0.2, 0.25) is 0 Å². The van der Waals surface area contributed by atoms with Crippen molar-refractivity contribution in [3.63, 3.8) is 0 Å². The summed E-state index contributed by atoms with van der Waals surface area (Å²) >= 11 is 3.41. The molecule has 8 heteroatoms. The average Bonchev–Trinajstić information content (AvgIpc) is 3.12. The normalized spacial score (nSPS) is 12.3. The summed E-state index contributed by atoms with van der Waals surface area (Å²) in [6.45, 7) is 0.135. The molecule has 0 radical (unpaired) electrons. The second-order valence-corrected chi connectivity index (χ2v) is 6.27. The minimum absolute atomic E-state index is 0.0839. The largest absolute Gasteiger partial charge is 0.497 e. The third-order valence-electron chi connectivity index (χ3n) is 3.81. The van der Waals surface area contributed by atoms with Crippen LogP contribution in [0.5, 0.6) is 23.0 Å². The maximum Gasteiger partial charge on any atom is 0.266 e. The lowest BCUT2D eigenvalue weighted by Gasteiger charge is -2.11. The number of fused-ring (bicyclic) bond motifs is 1. The van der Waals surface area contributed by atoms with Crippen LogP contribution in [-0.4, -0.2) is 26.9 Å². The predicted octanol–water partition coefficient (Wildman–Crippen LogP) is 3.74. The Kier molecular flexibility index (Phi) is 5.52. The van der Waals surface area contributed by atoms with Crippen LogP contribution in [-0.2, 0) is 4.79 Å². The Labute approximate surface area is 164 Å². The van der Waals surface area contributed by atoms with Gasteiger partial charge in [-0.05, 0) is 35.9 Å². The van der Waals surface area contributed by atoms with E-state index in [1.165, 1.54) is 20.3 Å². The molecule has 1 heterocycles. The molecule has 2 aromatic carbocycles. The summed E-state index contributed by atoms with van der Waals surface area (Å²) in [6.07, 6.45) is 1.47. The molecule has 1 amide bonds. The number of nitrogens with zero attached hydrogens (tertiary/aromatic N) is 1. The lowest BCUT2D eigenvalue weighted by atomic mass is 10.1. The van der Waals surface area contributed by atoms with Gasteiger partial charge in [-0.15, -0.1) is 0 Å².